The van der Waals surface area contributed by atoms with Gasteiger partial charge in [0.15, 0.2) is 0 Å². The summed E-state index contributed by atoms with van der Waals surface area (Å²) in [4.78, 5) is 25.8. The summed E-state index contributed by atoms with van der Waals surface area (Å²) in [7, 11) is 1.89. The number of imidazole rings is 1. The van der Waals surface area contributed by atoms with Gasteiger partial charge in [-0.15, -0.1) is 0 Å². The predicted molar refractivity (Wildman–Crippen MR) is 164 cm³/mol. The standard InChI is InChI=1S/C32H37N9O2/c1-19-12-23-14-27(35-19)29-20(2)38-39(3)31(29)43-18-22-5-4-21(13-22)16-41-28-15-25(40-11-10-34-24(17-40)8-9-33)6-7-26(28)36-32(41)37-30(23)42/h6-7,12,14-15,21-22,24,34H,4-5,8,10-11,13,16-18H2,1-3H3,(H,36,37,42)/t21-,22+,24+/m1/s1. The van der Waals surface area contributed by atoms with E-state index in [0.29, 0.717) is 47.9 Å². The first-order valence-electron chi connectivity index (χ1n) is 15.2. The molecule has 3 atom stereocenters. The predicted octanol–water partition coefficient (Wildman–Crippen LogP) is 4.20. The van der Waals surface area contributed by atoms with Crippen LogP contribution in [0, 0.1) is 37.0 Å². The number of rotatable bonds is 2. The molecular formula is C32H37N9O2. The van der Waals surface area contributed by atoms with Gasteiger partial charge in [-0.05, 0) is 75.3 Å². The maximum Gasteiger partial charge on any atom is 0.258 e. The number of piperazine rings is 1. The van der Waals surface area contributed by atoms with Crippen molar-refractivity contribution in [3.8, 4) is 23.2 Å². The fourth-order valence-electron chi connectivity index (χ4n) is 7.04. The van der Waals surface area contributed by atoms with Crippen LogP contribution in [-0.2, 0) is 13.6 Å². The molecule has 1 aromatic carbocycles. The van der Waals surface area contributed by atoms with Crippen LogP contribution in [0.5, 0.6) is 5.88 Å². The molecule has 5 heterocycles. The third-order valence-electron chi connectivity index (χ3n) is 9.10. The summed E-state index contributed by atoms with van der Waals surface area (Å²) in [6.45, 7) is 7.72. The summed E-state index contributed by atoms with van der Waals surface area (Å²) >= 11 is 0. The lowest BCUT2D eigenvalue weighted by atomic mass is 10.1. The Morgan fingerprint density at radius 3 is 2.84 bits per heavy atom. The van der Waals surface area contributed by atoms with Gasteiger partial charge in [0.25, 0.3) is 5.91 Å². The van der Waals surface area contributed by atoms with Crippen LogP contribution >= 0.6 is 0 Å². The summed E-state index contributed by atoms with van der Waals surface area (Å²) in [5.74, 6) is 1.89. The molecule has 0 spiro atoms. The molecule has 11 nitrogen and oxygen atoms in total. The normalized spacial score (nSPS) is 22.1. The minimum Gasteiger partial charge on any atom is -0.477 e. The van der Waals surface area contributed by atoms with Gasteiger partial charge in [0.1, 0.15) is 0 Å². The number of amides is 1. The third-order valence-corrected chi connectivity index (χ3v) is 9.10. The van der Waals surface area contributed by atoms with Gasteiger partial charge in [-0.2, -0.15) is 10.4 Å². The first-order valence-corrected chi connectivity index (χ1v) is 15.2. The van der Waals surface area contributed by atoms with Crippen LogP contribution in [0.15, 0.2) is 30.3 Å². The number of anilines is 2. The SMILES string of the molecule is Cc1cc2cc(n1)-c1c(C)nn(C)c1OC[C@H]1CC[C@H](C1)Cn1c(nc3ccc(N4CCN[C@@H](CC#N)C4)cc31)NC2=O. The number of benzene rings is 1. The molecule has 3 aliphatic rings. The highest BCUT2D eigenvalue weighted by atomic mass is 16.5. The van der Waals surface area contributed by atoms with Crippen molar-refractivity contribution in [1.82, 2.24) is 29.6 Å². The van der Waals surface area contributed by atoms with E-state index in [0.717, 1.165) is 79.1 Å². The van der Waals surface area contributed by atoms with Crippen molar-refractivity contribution in [3.05, 3.63) is 47.3 Å². The smallest absolute Gasteiger partial charge is 0.258 e. The third kappa shape index (κ3) is 5.20. The van der Waals surface area contributed by atoms with Gasteiger partial charge >= 0.3 is 0 Å². The van der Waals surface area contributed by atoms with Crippen molar-refractivity contribution < 1.29 is 9.53 Å². The van der Waals surface area contributed by atoms with E-state index in [9.17, 15) is 10.1 Å². The Hall–Kier alpha value is -4.43. The molecule has 1 amide bonds. The van der Waals surface area contributed by atoms with Gasteiger partial charge in [0.05, 0.1) is 47.1 Å². The number of aromatic nitrogens is 5. The number of ether oxygens (including phenoxy) is 1. The number of nitriles is 1. The van der Waals surface area contributed by atoms with Crippen molar-refractivity contribution in [3.63, 3.8) is 0 Å². The molecule has 4 bridgehead atoms. The van der Waals surface area contributed by atoms with Crippen LogP contribution < -0.4 is 20.3 Å². The molecule has 2 N–H and O–H groups in total. The monoisotopic (exact) mass is 579 g/mol. The van der Waals surface area contributed by atoms with E-state index in [1.807, 2.05) is 33.0 Å². The molecule has 0 radical (unpaired) electrons. The van der Waals surface area contributed by atoms with E-state index < -0.39 is 0 Å². The summed E-state index contributed by atoms with van der Waals surface area (Å²) in [6.07, 6.45) is 3.70. The maximum absolute atomic E-state index is 13.8. The highest BCUT2D eigenvalue weighted by Gasteiger charge is 2.30. The zero-order chi connectivity index (χ0) is 29.7. The Bertz CT molecular complexity index is 1750. The molecule has 1 saturated heterocycles. The summed E-state index contributed by atoms with van der Waals surface area (Å²) in [5.41, 5.74) is 6.54. The first-order chi connectivity index (χ1) is 20.9. The van der Waals surface area contributed by atoms with Crippen molar-refractivity contribution in [2.75, 3.05) is 36.5 Å². The lowest BCUT2D eigenvalue weighted by molar-refractivity contribution is 0.102. The zero-order valence-electron chi connectivity index (χ0n) is 24.9. The quantitative estimate of drug-likeness (QED) is 0.362. The Balaban J connectivity index is 1.30. The van der Waals surface area contributed by atoms with Crippen molar-refractivity contribution in [1.29, 1.82) is 5.26 Å². The molecule has 3 aromatic heterocycles. The molecule has 222 valence electrons. The lowest BCUT2D eigenvalue weighted by Gasteiger charge is -2.34. The Morgan fingerprint density at radius 2 is 1.98 bits per heavy atom. The van der Waals surface area contributed by atoms with Gasteiger partial charge in [0, 0.05) is 56.2 Å². The fraction of sp³-hybridized carbons (Fsp3) is 0.469. The van der Waals surface area contributed by atoms with Crippen LogP contribution in [0.1, 0.15) is 47.4 Å². The Labute approximate surface area is 250 Å². The molecule has 2 fully saturated rings. The van der Waals surface area contributed by atoms with E-state index in [2.05, 4.69) is 43.4 Å². The summed E-state index contributed by atoms with van der Waals surface area (Å²) < 4.78 is 10.4. The van der Waals surface area contributed by atoms with Crippen molar-refractivity contribution in [2.24, 2.45) is 18.9 Å². The van der Waals surface area contributed by atoms with E-state index in [1.165, 1.54) is 0 Å². The average Bonchev–Trinajstić information content (AvgIpc) is 3.66. The number of nitrogens with one attached hydrogen (secondary N) is 2. The second-order valence-corrected chi connectivity index (χ2v) is 12.3. The second-order valence-electron chi connectivity index (χ2n) is 12.3. The molecule has 4 aromatic rings. The van der Waals surface area contributed by atoms with Crippen LogP contribution in [0.4, 0.5) is 11.6 Å². The summed E-state index contributed by atoms with van der Waals surface area (Å²) in [5, 5.41) is 20.4. The highest BCUT2D eigenvalue weighted by molar-refractivity contribution is 6.05. The molecule has 43 heavy (non-hydrogen) atoms. The average molecular weight is 580 g/mol. The molecule has 11 heteroatoms. The van der Waals surface area contributed by atoms with Gasteiger partial charge in [-0.1, -0.05) is 0 Å². The van der Waals surface area contributed by atoms with E-state index in [-0.39, 0.29) is 11.9 Å². The number of aryl methyl sites for hydroxylation is 3. The first kappa shape index (κ1) is 27.4. The van der Waals surface area contributed by atoms with Gasteiger partial charge in [0.2, 0.25) is 11.8 Å². The Kier molecular flexibility index (Phi) is 7.01. The number of carbonyl (C=O) groups excluding carboxylic acids is 1. The van der Waals surface area contributed by atoms with Crippen LogP contribution in [0.25, 0.3) is 22.3 Å². The Morgan fingerprint density at radius 1 is 1.12 bits per heavy atom. The maximum atomic E-state index is 13.8. The number of hydrogen-bond acceptors (Lipinski definition) is 8. The van der Waals surface area contributed by atoms with E-state index in [1.54, 1.807) is 10.7 Å². The molecular weight excluding hydrogens is 542 g/mol. The van der Waals surface area contributed by atoms with E-state index >= 15 is 0 Å². The van der Waals surface area contributed by atoms with Crippen molar-refractivity contribution >= 4 is 28.6 Å². The van der Waals surface area contributed by atoms with Crippen molar-refractivity contribution in [2.45, 2.75) is 52.1 Å². The van der Waals surface area contributed by atoms with E-state index in [4.69, 9.17) is 14.7 Å². The topological polar surface area (TPSA) is 126 Å². The van der Waals surface area contributed by atoms with Gasteiger partial charge in [-0.3, -0.25) is 15.1 Å². The molecule has 0 unspecified atom stereocenters. The number of nitrogens with zero attached hydrogens (tertiary/aromatic N) is 7. The highest BCUT2D eigenvalue weighted by Crippen LogP contribution is 2.38. The fourth-order valence-corrected chi connectivity index (χ4v) is 7.04. The number of hydrogen-bond donors (Lipinski definition) is 2. The largest absolute Gasteiger partial charge is 0.477 e. The van der Waals surface area contributed by atoms with Crippen LogP contribution in [0.3, 0.4) is 0 Å². The summed E-state index contributed by atoms with van der Waals surface area (Å²) in [6, 6.07) is 12.4. The number of fused-ring (bicyclic) bond motifs is 9. The number of pyridine rings is 1. The number of carbonyl (C=O) groups is 1. The van der Waals surface area contributed by atoms with Crippen LogP contribution in [0.2, 0.25) is 0 Å². The minimum absolute atomic E-state index is 0.147. The van der Waals surface area contributed by atoms with Gasteiger partial charge < -0.3 is 19.5 Å². The molecule has 2 aliphatic heterocycles. The lowest BCUT2D eigenvalue weighted by Crippen LogP contribution is -2.50. The molecule has 1 aliphatic carbocycles. The second kappa shape index (κ2) is 11.0. The van der Waals surface area contributed by atoms with Gasteiger partial charge in [-0.25, -0.2) is 9.67 Å². The minimum atomic E-state index is -0.229. The zero-order valence-corrected chi connectivity index (χ0v) is 24.9. The van der Waals surface area contributed by atoms with Crippen LogP contribution in [-0.4, -0.2) is 62.5 Å². The molecule has 7 rings (SSSR count). The molecule has 1 saturated carbocycles.